The minimum Gasteiger partial charge on any atom is -0.274 e. The van der Waals surface area contributed by atoms with Crippen LogP contribution in [-0.2, 0) is 18.3 Å². The Labute approximate surface area is 164 Å². The number of amides is 1. The predicted octanol–water partition coefficient (Wildman–Crippen LogP) is 4.95. The van der Waals surface area contributed by atoms with Gasteiger partial charge in [-0.2, -0.15) is 5.10 Å². The number of halogens is 5. The van der Waals surface area contributed by atoms with Gasteiger partial charge in [-0.3, -0.25) is 14.3 Å². The number of aromatic nitrogens is 2. The molecule has 1 aromatic carbocycles. The zero-order valence-corrected chi connectivity index (χ0v) is 16.4. The largest absolute Gasteiger partial charge is 0.283 e. The van der Waals surface area contributed by atoms with Gasteiger partial charge in [-0.15, -0.1) is 0 Å². The Morgan fingerprint density at radius 2 is 2.00 bits per heavy atom. The smallest absolute Gasteiger partial charge is 0.274 e. The number of hydrogen-bond donors (Lipinski definition) is 0. The number of rotatable bonds is 6. The van der Waals surface area contributed by atoms with Crippen LogP contribution in [0.3, 0.4) is 0 Å². The number of nitrogens with zero attached hydrogens (tertiary/aromatic N) is 3. The molecule has 0 spiro atoms. The molecule has 1 aromatic heterocycles. The Bertz CT molecular complexity index is 814. The van der Waals surface area contributed by atoms with Crippen molar-refractivity contribution in [3.8, 4) is 0 Å². The first-order valence-corrected chi connectivity index (χ1v) is 8.62. The van der Waals surface area contributed by atoms with Gasteiger partial charge in [0.25, 0.3) is 12.3 Å². The van der Waals surface area contributed by atoms with Gasteiger partial charge in [-0.1, -0.05) is 40.9 Å². The van der Waals surface area contributed by atoms with E-state index in [0.29, 0.717) is 16.5 Å². The number of carbonyl (C=O) groups is 1. The molecule has 0 bridgehead atoms. The van der Waals surface area contributed by atoms with Crippen molar-refractivity contribution in [1.82, 2.24) is 14.8 Å². The normalized spacial score (nSPS) is 12.5. The first-order valence-electron chi connectivity index (χ1n) is 7.49. The third-order valence-corrected chi connectivity index (χ3v) is 4.77. The summed E-state index contributed by atoms with van der Waals surface area (Å²) in [5.41, 5.74) is -0.355. The maximum absolute atomic E-state index is 13.2. The summed E-state index contributed by atoms with van der Waals surface area (Å²) in [4.78, 5) is 17.9. The molecule has 26 heavy (non-hydrogen) atoms. The van der Waals surface area contributed by atoms with E-state index in [-0.39, 0.29) is 10.7 Å². The molecule has 0 fully saturated rings. The van der Waals surface area contributed by atoms with Crippen LogP contribution in [0.5, 0.6) is 0 Å². The highest BCUT2D eigenvalue weighted by Crippen LogP contribution is 2.30. The van der Waals surface area contributed by atoms with Crippen LogP contribution in [0.25, 0.3) is 0 Å². The van der Waals surface area contributed by atoms with E-state index in [2.05, 4.69) is 5.10 Å². The van der Waals surface area contributed by atoms with E-state index in [1.807, 2.05) is 0 Å². The zero-order chi connectivity index (χ0) is 19.6. The monoisotopic (exact) mass is 425 g/mol. The first kappa shape index (κ1) is 20.9. The van der Waals surface area contributed by atoms with Crippen molar-refractivity contribution >= 4 is 40.7 Å². The fourth-order valence-electron chi connectivity index (χ4n) is 2.54. The van der Waals surface area contributed by atoms with E-state index in [1.165, 1.54) is 14.2 Å². The summed E-state index contributed by atoms with van der Waals surface area (Å²) in [6.45, 7) is 1.69. The molecule has 1 heterocycles. The van der Waals surface area contributed by atoms with Crippen LogP contribution in [0.4, 0.5) is 8.78 Å². The molecule has 0 unspecified atom stereocenters. The van der Waals surface area contributed by atoms with Crippen LogP contribution < -0.4 is 0 Å². The second kappa shape index (κ2) is 8.52. The minimum absolute atomic E-state index is 0.191. The molecule has 0 N–H and O–H groups in total. The highest BCUT2D eigenvalue weighted by Gasteiger charge is 2.32. The molecule has 1 atom stereocenters. The molecule has 0 saturated heterocycles. The molecule has 1 amide bonds. The van der Waals surface area contributed by atoms with Crippen molar-refractivity contribution in [3.63, 3.8) is 0 Å². The standard InChI is InChI=1S/C16H16Cl3F2N3O2/c1-8(6-9-4-5-10(17)7-11(9)18)24(26-3)16(25)12-13(15(20)21)22-23(2)14(12)19/h4-5,7-8,15H,6H2,1-3H3/t8-/m1/s1. The lowest BCUT2D eigenvalue weighted by Gasteiger charge is -2.27. The summed E-state index contributed by atoms with van der Waals surface area (Å²) >= 11 is 18.0. The molecule has 0 aliphatic heterocycles. The predicted molar refractivity (Wildman–Crippen MR) is 96.0 cm³/mol. The number of alkyl halides is 2. The molecule has 2 aromatic rings. The van der Waals surface area contributed by atoms with Gasteiger partial charge in [0.05, 0.1) is 13.2 Å². The van der Waals surface area contributed by atoms with Gasteiger partial charge < -0.3 is 0 Å². The van der Waals surface area contributed by atoms with E-state index in [1.54, 1.807) is 25.1 Å². The molecular weight excluding hydrogens is 411 g/mol. The van der Waals surface area contributed by atoms with E-state index >= 15 is 0 Å². The van der Waals surface area contributed by atoms with Crippen LogP contribution in [0.1, 0.15) is 35.0 Å². The topological polar surface area (TPSA) is 47.4 Å². The van der Waals surface area contributed by atoms with Crippen LogP contribution in [0, 0.1) is 0 Å². The third-order valence-electron chi connectivity index (χ3n) is 3.75. The fourth-order valence-corrected chi connectivity index (χ4v) is 3.24. The summed E-state index contributed by atoms with van der Waals surface area (Å²) in [6, 6.07) is 4.45. The summed E-state index contributed by atoms with van der Waals surface area (Å²) in [5, 5.41) is 5.30. The molecule has 10 heteroatoms. The van der Waals surface area contributed by atoms with Crippen LogP contribution in [-0.4, -0.2) is 33.9 Å². The first-order chi connectivity index (χ1) is 12.2. The van der Waals surface area contributed by atoms with Crippen LogP contribution in [0.2, 0.25) is 15.2 Å². The van der Waals surface area contributed by atoms with Gasteiger partial charge >= 0.3 is 0 Å². The van der Waals surface area contributed by atoms with Gasteiger partial charge in [-0.05, 0) is 31.0 Å². The number of hydroxylamine groups is 2. The summed E-state index contributed by atoms with van der Waals surface area (Å²) in [6.07, 6.45) is -2.63. The molecule has 0 saturated carbocycles. The Kier molecular flexibility index (Phi) is 6.85. The van der Waals surface area contributed by atoms with Crippen LogP contribution >= 0.6 is 34.8 Å². The number of carbonyl (C=O) groups excluding carboxylic acids is 1. The number of benzene rings is 1. The van der Waals surface area contributed by atoms with Crippen molar-refractivity contribution < 1.29 is 18.4 Å². The highest BCUT2D eigenvalue weighted by atomic mass is 35.5. The molecule has 0 radical (unpaired) electrons. The highest BCUT2D eigenvalue weighted by molar-refractivity contribution is 6.35. The molecule has 142 valence electrons. The lowest BCUT2D eigenvalue weighted by atomic mass is 10.1. The molecule has 0 aliphatic rings. The van der Waals surface area contributed by atoms with Crippen LogP contribution in [0.15, 0.2) is 18.2 Å². The minimum atomic E-state index is -2.95. The van der Waals surface area contributed by atoms with Crippen molar-refractivity contribution in [1.29, 1.82) is 0 Å². The van der Waals surface area contributed by atoms with Gasteiger partial charge in [0, 0.05) is 17.1 Å². The maximum Gasteiger partial charge on any atom is 0.283 e. The van der Waals surface area contributed by atoms with Crippen molar-refractivity contribution in [2.75, 3.05) is 7.11 Å². The summed E-state index contributed by atoms with van der Waals surface area (Å²) in [5.74, 6) is -0.807. The SMILES string of the molecule is CON(C(=O)c1c(C(F)F)nn(C)c1Cl)[C@H](C)Cc1ccc(Cl)cc1Cl. The van der Waals surface area contributed by atoms with E-state index in [0.717, 1.165) is 15.3 Å². The zero-order valence-electron chi connectivity index (χ0n) is 14.1. The van der Waals surface area contributed by atoms with E-state index < -0.39 is 24.1 Å². The third kappa shape index (κ3) is 4.28. The second-order valence-corrected chi connectivity index (χ2v) is 6.78. The lowest BCUT2D eigenvalue weighted by Crippen LogP contribution is -2.39. The van der Waals surface area contributed by atoms with Gasteiger partial charge in [0.1, 0.15) is 16.4 Å². The van der Waals surface area contributed by atoms with Gasteiger partial charge in [0.15, 0.2) is 0 Å². The summed E-state index contributed by atoms with van der Waals surface area (Å²) in [7, 11) is 2.64. The maximum atomic E-state index is 13.2. The molecular formula is C16H16Cl3F2N3O2. The Balaban J connectivity index is 2.31. The van der Waals surface area contributed by atoms with E-state index in [9.17, 15) is 13.6 Å². The van der Waals surface area contributed by atoms with Crippen molar-refractivity contribution in [3.05, 3.63) is 50.2 Å². The average Bonchev–Trinajstić information content (AvgIpc) is 2.86. The Morgan fingerprint density at radius 1 is 1.35 bits per heavy atom. The fraction of sp³-hybridized carbons (Fsp3) is 0.375. The molecule has 0 aliphatic carbocycles. The molecule has 2 rings (SSSR count). The van der Waals surface area contributed by atoms with E-state index in [4.69, 9.17) is 39.6 Å². The average molecular weight is 427 g/mol. The molecule has 5 nitrogen and oxygen atoms in total. The van der Waals surface area contributed by atoms with Gasteiger partial charge in [0.2, 0.25) is 0 Å². The summed E-state index contributed by atoms with van der Waals surface area (Å²) < 4.78 is 27.4. The second-order valence-electron chi connectivity index (χ2n) is 5.58. The van der Waals surface area contributed by atoms with Gasteiger partial charge in [-0.25, -0.2) is 13.8 Å². The van der Waals surface area contributed by atoms with Crippen molar-refractivity contribution in [2.45, 2.75) is 25.8 Å². The Morgan fingerprint density at radius 3 is 2.54 bits per heavy atom. The lowest BCUT2D eigenvalue weighted by molar-refractivity contribution is -0.119. The van der Waals surface area contributed by atoms with Crippen molar-refractivity contribution in [2.24, 2.45) is 7.05 Å². The number of aryl methyl sites for hydroxylation is 1. The number of hydrogen-bond acceptors (Lipinski definition) is 3. The quantitative estimate of drug-likeness (QED) is 0.614. The Hall–Kier alpha value is -1.41.